The number of hydrogen-bond donors (Lipinski definition) is 0. The van der Waals surface area contributed by atoms with Gasteiger partial charge in [0.1, 0.15) is 0 Å². The third-order valence-corrected chi connectivity index (χ3v) is 5.55. The van der Waals surface area contributed by atoms with Crippen LogP contribution < -0.4 is 0 Å². The molecule has 0 spiro atoms. The van der Waals surface area contributed by atoms with E-state index in [2.05, 4.69) is 95.7 Å². The predicted molar refractivity (Wildman–Crippen MR) is 141 cm³/mol. The second-order valence-electron chi connectivity index (χ2n) is 7.44. The van der Waals surface area contributed by atoms with Crippen molar-refractivity contribution in [2.45, 2.75) is 20.7 Å². The van der Waals surface area contributed by atoms with Gasteiger partial charge in [-0.15, -0.1) is 6.58 Å². The zero-order chi connectivity index (χ0) is 22.7. The average molecular weight is 395 g/mol. The van der Waals surface area contributed by atoms with Crippen LogP contribution in [0.2, 0.25) is 6.82 Å². The Balaban J connectivity index is 3.67. The van der Waals surface area contributed by atoms with Crippen LogP contribution in [0, 0.1) is 5.41 Å². The first-order valence-electron chi connectivity index (χ1n) is 10.4. The lowest BCUT2D eigenvalue weighted by Gasteiger charge is -2.32. The minimum Gasteiger partial charge on any atom is -0.389 e. The highest BCUT2D eigenvalue weighted by Crippen LogP contribution is 2.53. The largest absolute Gasteiger partial charge is 0.389 e. The molecule has 1 aliphatic carbocycles. The van der Waals surface area contributed by atoms with Crippen molar-refractivity contribution in [1.82, 2.24) is 4.72 Å². The van der Waals surface area contributed by atoms with Gasteiger partial charge in [0.05, 0.1) is 0 Å². The van der Waals surface area contributed by atoms with Crippen LogP contribution in [0.1, 0.15) is 13.8 Å². The maximum atomic E-state index is 4.23. The number of nitrogens with zero attached hydrogens (tertiary/aromatic N) is 1. The van der Waals surface area contributed by atoms with Crippen LogP contribution >= 0.6 is 0 Å². The van der Waals surface area contributed by atoms with E-state index in [0.717, 1.165) is 31.4 Å². The molecule has 0 unspecified atom stereocenters. The monoisotopic (exact) mass is 395 g/mol. The molecule has 0 saturated heterocycles. The molecule has 0 aromatic carbocycles. The van der Waals surface area contributed by atoms with Gasteiger partial charge in [0.25, 0.3) is 0 Å². The second kappa shape index (κ2) is 12.0. The molecule has 1 aliphatic rings. The Bertz CT molecular complexity index is 842. The maximum Gasteiger partial charge on any atom is 0.226 e. The Morgan fingerprint density at radius 1 is 0.933 bits per heavy atom. The lowest BCUT2D eigenvalue weighted by Crippen LogP contribution is -2.26. The van der Waals surface area contributed by atoms with Gasteiger partial charge in [-0.1, -0.05) is 105 Å². The van der Waals surface area contributed by atoms with Gasteiger partial charge in [0, 0.05) is 5.41 Å². The minimum atomic E-state index is -0.367. The summed E-state index contributed by atoms with van der Waals surface area (Å²) in [4.78, 5) is 0. The normalized spacial score (nSPS) is 16.8. The Kier molecular flexibility index (Phi) is 10.1. The van der Waals surface area contributed by atoms with Gasteiger partial charge in [-0.25, -0.2) is 0 Å². The first-order valence-corrected chi connectivity index (χ1v) is 10.4. The Morgan fingerprint density at radius 2 is 1.43 bits per heavy atom. The molecule has 0 atom stereocenters. The van der Waals surface area contributed by atoms with Crippen molar-refractivity contribution < 1.29 is 0 Å². The van der Waals surface area contributed by atoms with E-state index >= 15 is 0 Å². The van der Waals surface area contributed by atoms with Crippen molar-refractivity contribution >= 4 is 14.8 Å². The zero-order valence-electron chi connectivity index (χ0n) is 19.2. The van der Waals surface area contributed by atoms with Gasteiger partial charge in [-0.3, -0.25) is 0 Å². The van der Waals surface area contributed by atoms with Crippen molar-refractivity contribution in [2.24, 2.45) is 5.41 Å². The molecular weight excluding hydrogens is 360 g/mol. The van der Waals surface area contributed by atoms with E-state index in [4.69, 9.17) is 0 Å². The molecule has 0 amide bonds. The van der Waals surface area contributed by atoms with Crippen LogP contribution in [0.15, 0.2) is 133 Å². The highest BCUT2D eigenvalue weighted by molar-refractivity contribution is 6.55. The maximum absolute atomic E-state index is 4.23. The smallest absolute Gasteiger partial charge is 0.226 e. The molecule has 1 nitrogen and oxygen atoms in total. The number of hydrogen-bond acceptors (Lipinski definition) is 1. The van der Waals surface area contributed by atoms with Crippen molar-refractivity contribution in [3.63, 3.8) is 0 Å². The summed E-state index contributed by atoms with van der Waals surface area (Å²) in [6.45, 7) is 26.6. The summed E-state index contributed by atoms with van der Waals surface area (Å²) in [5.74, 6) is 0. The summed E-state index contributed by atoms with van der Waals surface area (Å²) in [5, 5.41) is 0. The molecule has 0 bridgehead atoms. The van der Waals surface area contributed by atoms with E-state index in [1.54, 1.807) is 12.2 Å². The molecular formula is C27H35B2N. The topological polar surface area (TPSA) is 3.24 Å². The fourth-order valence-corrected chi connectivity index (χ4v) is 3.84. The van der Waals surface area contributed by atoms with Crippen LogP contribution in [-0.4, -0.2) is 26.6 Å². The Morgan fingerprint density at radius 3 is 1.80 bits per heavy atom. The summed E-state index contributed by atoms with van der Waals surface area (Å²) >= 11 is 0. The van der Waals surface area contributed by atoms with E-state index in [0.29, 0.717) is 0 Å². The second-order valence-corrected chi connectivity index (χ2v) is 7.44. The molecule has 0 aliphatic heterocycles. The molecule has 0 saturated carbocycles. The highest BCUT2D eigenvalue weighted by atomic mass is 14.9. The summed E-state index contributed by atoms with van der Waals surface area (Å²) in [5.41, 5.74) is 6.42. The highest BCUT2D eigenvalue weighted by Gasteiger charge is 2.41. The average Bonchev–Trinajstić information content (AvgIpc) is 2.97. The number of allylic oxidation sites excluding steroid dienone is 17. The third-order valence-electron chi connectivity index (χ3n) is 5.55. The zero-order valence-corrected chi connectivity index (χ0v) is 19.2. The predicted octanol–water partition coefficient (Wildman–Crippen LogP) is 6.16. The SMILES string of the molecule is C=C/C=C\C1=C(C=C)C(C=C)=C(/C=C\C=C)C1(C)C(/C=C\C(=C)BN(C)BC)=C/C. The van der Waals surface area contributed by atoms with E-state index in [-0.39, 0.29) is 5.41 Å². The van der Waals surface area contributed by atoms with Gasteiger partial charge in [0.2, 0.25) is 7.41 Å². The van der Waals surface area contributed by atoms with Crippen molar-refractivity contribution in [1.29, 1.82) is 0 Å². The molecule has 154 valence electrons. The molecule has 0 aromatic rings. The fraction of sp³-hybridized carbons (Fsp3) is 0.185. The lowest BCUT2D eigenvalue weighted by atomic mass is 9.69. The van der Waals surface area contributed by atoms with E-state index < -0.39 is 0 Å². The van der Waals surface area contributed by atoms with Crippen LogP contribution in [-0.2, 0) is 0 Å². The summed E-state index contributed by atoms with van der Waals surface area (Å²) < 4.78 is 2.24. The van der Waals surface area contributed by atoms with Crippen LogP contribution in [0.25, 0.3) is 0 Å². The summed E-state index contributed by atoms with van der Waals surface area (Å²) in [6, 6.07) is 0. The molecule has 0 N–H and O–H groups in total. The van der Waals surface area contributed by atoms with Gasteiger partial charge in [-0.05, 0) is 48.8 Å². The van der Waals surface area contributed by atoms with E-state index in [1.165, 1.54) is 16.7 Å². The lowest BCUT2D eigenvalue weighted by molar-refractivity contribution is 0.626. The van der Waals surface area contributed by atoms with Gasteiger partial charge in [-0.2, -0.15) is 0 Å². The Labute approximate surface area is 185 Å². The molecule has 30 heavy (non-hydrogen) atoms. The molecule has 3 heteroatoms. The third kappa shape index (κ3) is 5.43. The van der Waals surface area contributed by atoms with Gasteiger partial charge in [0.15, 0.2) is 7.41 Å². The molecule has 0 heterocycles. The molecule has 0 aromatic heterocycles. The fourth-order valence-electron chi connectivity index (χ4n) is 3.84. The quantitative estimate of drug-likeness (QED) is 0.283. The minimum absolute atomic E-state index is 0.367. The van der Waals surface area contributed by atoms with E-state index in [9.17, 15) is 0 Å². The number of rotatable bonds is 12. The summed E-state index contributed by atoms with van der Waals surface area (Å²) in [6.07, 6.45) is 22.1. The molecule has 0 fully saturated rings. The van der Waals surface area contributed by atoms with Crippen molar-refractivity contribution in [3.05, 3.63) is 133 Å². The van der Waals surface area contributed by atoms with Crippen LogP contribution in [0.3, 0.4) is 0 Å². The van der Waals surface area contributed by atoms with E-state index in [1.807, 2.05) is 24.3 Å². The first kappa shape index (κ1) is 25.3. The van der Waals surface area contributed by atoms with Gasteiger partial charge < -0.3 is 4.72 Å². The van der Waals surface area contributed by atoms with Gasteiger partial charge >= 0.3 is 0 Å². The summed E-state index contributed by atoms with van der Waals surface area (Å²) in [7, 11) is 3.93. The van der Waals surface area contributed by atoms with Crippen molar-refractivity contribution in [2.75, 3.05) is 7.05 Å². The van der Waals surface area contributed by atoms with Crippen LogP contribution in [0.4, 0.5) is 0 Å². The first-order chi connectivity index (χ1) is 14.3. The molecule has 1 rings (SSSR count). The molecule has 0 radical (unpaired) electrons. The van der Waals surface area contributed by atoms with Crippen molar-refractivity contribution in [3.8, 4) is 0 Å². The standard InChI is InChI=1S/C27H35B2N/c1-10-15-17-25-23(13-4)24(14-5)26(18-16-11-2)27(25,7)22(12-3)20-19-21(6)29-30(9)28-8/h10-20,28-29H,1-2,4-6H2,3,7-9H3/b17-15-,18-16-,20-19-,22-12+. The van der Waals surface area contributed by atoms with Crippen LogP contribution in [0.5, 0.6) is 0 Å². The Hall–Kier alpha value is -2.77.